The lowest BCUT2D eigenvalue weighted by Crippen LogP contribution is -2.28. The molecular formula is C19H17N7OS. The molecule has 4 rings (SSSR count). The minimum absolute atomic E-state index is 0.331. The number of urea groups is 1. The molecule has 4 aromatic rings. The molecule has 4 heterocycles. The van der Waals surface area contributed by atoms with Crippen molar-refractivity contribution in [1.29, 1.82) is 0 Å². The Balaban J connectivity index is 1.40. The first-order chi connectivity index (χ1) is 13.7. The summed E-state index contributed by atoms with van der Waals surface area (Å²) in [6.45, 7) is 0.336. The molecule has 0 spiro atoms. The highest BCUT2D eigenvalue weighted by Crippen LogP contribution is 2.23. The number of nitrogens with one attached hydrogen (secondary N) is 2. The number of carbonyl (C=O) groups is 1. The first-order valence-corrected chi connectivity index (χ1v) is 9.42. The lowest BCUT2D eigenvalue weighted by Gasteiger charge is -2.08. The van der Waals surface area contributed by atoms with Crippen molar-refractivity contribution in [1.82, 2.24) is 30.0 Å². The lowest BCUT2D eigenvalue weighted by atomic mass is 10.1. The van der Waals surface area contributed by atoms with Crippen molar-refractivity contribution in [3.05, 3.63) is 66.1 Å². The van der Waals surface area contributed by atoms with Gasteiger partial charge in [0.1, 0.15) is 5.69 Å². The number of aryl methyl sites for hydroxylation is 1. The first kappa shape index (κ1) is 17.8. The molecule has 0 bridgehead atoms. The average Bonchev–Trinajstić information content (AvgIpc) is 3.36. The Morgan fingerprint density at radius 3 is 2.82 bits per heavy atom. The van der Waals surface area contributed by atoms with Crippen molar-refractivity contribution in [2.24, 2.45) is 7.05 Å². The number of anilines is 1. The molecule has 4 aromatic heterocycles. The number of amides is 2. The molecule has 2 N–H and O–H groups in total. The van der Waals surface area contributed by atoms with E-state index in [1.807, 2.05) is 49.0 Å². The van der Waals surface area contributed by atoms with Crippen molar-refractivity contribution >= 4 is 22.5 Å². The maximum absolute atomic E-state index is 12.3. The molecule has 0 aliphatic carbocycles. The van der Waals surface area contributed by atoms with Crippen LogP contribution >= 0.6 is 11.3 Å². The van der Waals surface area contributed by atoms with E-state index in [0.717, 1.165) is 28.2 Å². The molecule has 0 aliphatic heterocycles. The van der Waals surface area contributed by atoms with Gasteiger partial charge >= 0.3 is 6.03 Å². The van der Waals surface area contributed by atoms with Gasteiger partial charge in [-0.2, -0.15) is 5.10 Å². The van der Waals surface area contributed by atoms with E-state index >= 15 is 0 Å². The van der Waals surface area contributed by atoms with E-state index in [1.54, 1.807) is 23.3 Å². The smallest absolute Gasteiger partial charge is 0.321 e. The van der Waals surface area contributed by atoms with Crippen molar-refractivity contribution in [3.8, 4) is 22.6 Å². The van der Waals surface area contributed by atoms with Gasteiger partial charge in [0.05, 0.1) is 17.6 Å². The molecule has 2 amide bonds. The van der Waals surface area contributed by atoms with Crippen molar-refractivity contribution in [3.63, 3.8) is 0 Å². The molecule has 0 saturated carbocycles. The van der Waals surface area contributed by atoms with Crippen LogP contribution in [0.4, 0.5) is 9.93 Å². The standard InChI is InChI=1S/C19H17N7OS/c1-26-11-14(10-23-26)17-13(5-4-8-21-17)9-22-18(27)25-19-24-16(12-28-19)15-6-2-3-7-20-15/h2-8,10-12H,9H2,1H3,(H2,22,24,25,27). The van der Waals surface area contributed by atoms with Gasteiger partial charge in [-0.25, -0.2) is 9.78 Å². The van der Waals surface area contributed by atoms with Crippen molar-refractivity contribution in [2.75, 3.05) is 5.32 Å². The van der Waals surface area contributed by atoms with Crippen LogP contribution in [0.15, 0.2) is 60.5 Å². The zero-order chi connectivity index (χ0) is 19.3. The van der Waals surface area contributed by atoms with E-state index in [2.05, 4.69) is 30.7 Å². The molecule has 140 valence electrons. The Kier molecular flexibility index (Phi) is 5.07. The molecule has 0 atom stereocenters. The lowest BCUT2D eigenvalue weighted by molar-refractivity contribution is 0.251. The average molecular weight is 391 g/mol. The summed E-state index contributed by atoms with van der Waals surface area (Å²) in [6, 6.07) is 9.06. The fourth-order valence-corrected chi connectivity index (χ4v) is 3.36. The molecule has 0 aromatic carbocycles. The molecule has 0 unspecified atom stereocenters. The largest absolute Gasteiger partial charge is 0.334 e. The molecule has 9 heteroatoms. The molecular weight excluding hydrogens is 374 g/mol. The van der Waals surface area contributed by atoms with Gasteiger partial charge < -0.3 is 5.32 Å². The second-order valence-electron chi connectivity index (χ2n) is 5.97. The maximum Gasteiger partial charge on any atom is 0.321 e. The summed E-state index contributed by atoms with van der Waals surface area (Å²) in [5, 5.41) is 12.2. The van der Waals surface area contributed by atoms with Gasteiger partial charge in [0, 0.05) is 43.1 Å². The highest BCUT2D eigenvalue weighted by Gasteiger charge is 2.11. The molecule has 28 heavy (non-hydrogen) atoms. The third-order valence-electron chi connectivity index (χ3n) is 3.96. The Labute approximate surface area is 165 Å². The van der Waals surface area contributed by atoms with E-state index in [1.165, 1.54) is 11.3 Å². The highest BCUT2D eigenvalue weighted by atomic mass is 32.1. The van der Waals surface area contributed by atoms with Gasteiger partial charge in [0.25, 0.3) is 0 Å². The summed E-state index contributed by atoms with van der Waals surface area (Å²) in [6.07, 6.45) is 7.07. The molecule has 0 fully saturated rings. The van der Waals surface area contributed by atoms with E-state index in [9.17, 15) is 4.79 Å². The third kappa shape index (κ3) is 4.04. The molecule has 0 aliphatic rings. The summed E-state index contributed by atoms with van der Waals surface area (Å²) in [5.74, 6) is 0. The normalized spacial score (nSPS) is 10.6. The van der Waals surface area contributed by atoms with Crippen molar-refractivity contribution < 1.29 is 4.79 Å². The Morgan fingerprint density at radius 1 is 1.14 bits per heavy atom. The SMILES string of the molecule is Cn1cc(-c2ncccc2CNC(=O)Nc2nc(-c3ccccn3)cs2)cn1. The van der Waals surface area contributed by atoms with Crippen LogP contribution < -0.4 is 10.6 Å². The fraction of sp³-hybridized carbons (Fsp3) is 0.105. The van der Waals surface area contributed by atoms with Gasteiger partial charge in [-0.05, 0) is 23.8 Å². The minimum atomic E-state index is -0.331. The molecule has 8 nitrogen and oxygen atoms in total. The maximum atomic E-state index is 12.3. The van der Waals surface area contributed by atoms with Crippen LogP contribution in [0.25, 0.3) is 22.6 Å². The van der Waals surface area contributed by atoms with Crippen LogP contribution in [0.5, 0.6) is 0 Å². The van der Waals surface area contributed by atoms with E-state index in [0.29, 0.717) is 11.7 Å². The van der Waals surface area contributed by atoms with Crippen LogP contribution in [0, 0.1) is 0 Å². The molecule has 0 saturated heterocycles. The number of pyridine rings is 2. The number of thiazole rings is 1. The predicted octanol–water partition coefficient (Wildman–Crippen LogP) is 3.32. The second-order valence-corrected chi connectivity index (χ2v) is 6.83. The summed E-state index contributed by atoms with van der Waals surface area (Å²) in [4.78, 5) is 25.4. The third-order valence-corrected chi connectivity index (χ3v) is 4.72. The Hall–Kier alpha value is -3.59. The number of nitrogens with zero attached hydrogens (tertiary/aromatic N) is 5. The summed E-state index contributed by atoms with van der Waals surface area (Å²) in [7, 11) is 1.85. The van der Waals surface area contributed by atoms with Crippen LogP contribution in [-0.4, -0.2) is 30.8 Å². The van der Waals surface area contributed by atoms with E-state index < -0.39 is 0 Å². The highest BCUT2D eigenvalue weighted by molar-refractivity contribution is 7.14. The van der Waals surface area contributed by atoms with Crippen LogP contribution in [-0.2, 0) is 13.6 Å². The second kappa shape index (κ2) is 7.97. The van der Waals surface area contributed by atoms with Crippen molar-refractivity contribution in [2.45, 2.75) is 6.54 Å². The van der Waals surface area contributed by atoms with Gasteiger partial charge in [-0.1, -0.05) is 12.1 Å². The number of carbonyl (C=O) groups excluding carboxylic acids is 1. The minimum Gasteiger partial charge on any atom is -0.334 e. The zero-order valence-corrected chi connectivity index (χ0v) is 15.8. The van der Waals surface area contributed by atoms with Gasteiger partial charge in [-0.15, -0.1) is 11.3 Å². The van der Waals surface area contributed by atoms with Gasteiger partial charge in [-0.3, -0.25) is 20.0 Å². The van der Waals surface area contributed by atoms with E-state index in [-0.39, 0.29) is 6.03 Å². The number of hydrogen-bond donors (Lipinski definition) is 2. The van der Waals surface area contributed by atoms with E-state index in [4.69, 9.17) is 0 Å². The molecule has 0 radical (unpaired) electrons. The van der Waals surface area contributed by atoms with Crippen LogP contribution in [0.3, 0.4) is 0 Å². The fourth-order valence-electron chi connectivity index (χ4n) is 2.66. The van der Waals surface area contributed by atoms with Gasteiger partial charge in [0.15, 0.2) is 5.13 Å². The summed E-state index contributed by atoms with van der Waals surface area (Å²) < 4.78 is 1.72. The Bertz CT molecular complexity index is 1090. The quantitative estimate of drug-likeness (QED) is 0.544. The predicted molar refractivity (Wildman–Crippen MR) is 108 cm³/mol. The first-order valence-electron chi connectivity index (χ1n) is 8.54. The summed E-state index contributed by atoms with van der Waals surface area (Å²) >= 11 is 1.35. The monoisotopic (exact) mass is 391 g/mol. The van der Waals surface area contributed by atoms with Crippen LogP contribution in [0.1, 0.15) is 5.56 Å². The topological polar surface area (TPSA) is 97.6 Å². The number of hydrogen-bond acceptors (Lipinski definition) is 6. The van der Waals surface area contributed by atoms with Gasteiger partial charge in [0.2, 0.25) is 0 Å². The Morgan fingerprint density at radius 2 is 2.04 bits per heavy atom. The zero-order valence-electron chi connectivity index (χ0n) is 15.0. The summed E-state index contributed by atoms with van der Waals surface area (Å²) in [5.41, 5.74) is 4.09. The number of aromatic nitrogens is 5. The van der Waals surface area contributed by atoms with Crippen LogP contribution in [0.2, 0.25) is 0 Å². The number of rotatable bonds is 5.